The average Bonchev–Trinajstić information content (AvgIpc) is 3.26. The number of hydrogen-bond donors (Lipinski definition) is 2. The second-order valence-electron chi connectivity index (χ2n) is 10.5. The number of aromatic nitrogens is 2. The maximum atomic E-state index is 14.9. The molecular formula is C27H31FN6O5S. The number of halogens is 1. The molecule has 0 radical (unpaired) electrons. The van der Waals surface area contributed by atoms with Crippen LogP contribution in [0.25, 0.3) is 10.9 Å². The number of benzene rings is 2. The molecule has 1 spiro atoms. The van der Waals surface area contributed by atoms with Gasteiger partial charge in [-0.25, -0.2) is 9.37 Å². The second kappa shape index (κ2) is 10.4. The van der Waals surface area contributed by atoms with E-state index in [2.05, 4.69) is 15.0 Å². The van der Waals surface area contributed by atoms with E-state index >= 15 is 0 Å². The lowest BCUT2D eigenvalue weighted by Gasteiger charge is -2.34. The molecule has 2 N–H and O–H groups in total. The Bertz CT molecular complexity index is 1660. The molecule has 2 saturated heterocycles. The molecule has 2 fully saturated rings. The summed E-state index contributed by atoms with van der Waals surface area (Å²) in [6.07, 6.45) is 3.95. The highest BCUT2D eigenvalue weighted by Gasteiger charge is 2.48. The lowest BCUT2D eigenvalue weighted by atomic mass is 9.83. The monoisotopic (exact) mass is 570 g/mol. The molecule has 1 unspecified atom stereocenters. The van der Waals surface area contributed by atoms with E-state index in [1.807, 2.05) is 13.0 Å². The van der Waals surface area contributed by atoms with E-state index < -0.39 is 27.3 Å². The normalized spacial score (nSPS) is 20.6. The summed E-state index contributed by atoms with van der Waals surface area (Å²) in [5.41, 5.74) is -1.20. The number of anilines is 1. The van der Waals surface area contributed by atoms with Crippen LogP contribution in [0.5, 0.6) is 11.5 Å². The van der Waals surface area contributed by atoms with E-state index in [9.17, 15) is 22.9 Å². The number of ether oxygens (including phenoxy) is 2. The molecule has 40 heavy (non-hydrogen) atoms. The Morgan fingerprint density at radius 2 is 2.05 bits per heavy atom. The SMILES string of the molecule is CCN(C)S(=O)(=O)Nc1ccc(F)c(Oc2ccc3ncn(C4(C)COC5(CCNCC5)C4)c(=O)c3c2)c1C#N. The molecule has 0 aliphatic carbocycles. The summed E-state index contributed by atoms with van der Waals surface area (Å²) >= 11 is 0. The van der Waals surface area contributed by atoms with Crippen molar-refractivity contribution in [3.8, 4) is 17.6 Å². The summed E-state index contributed by atoms with van der Waals surface area (Å²) < 4.78 is 56.9. The van der Waals surface area contributed by atoms with Crippen LogP contribution >= 0.6 is 0 Å². The smallest absolute Gasteiger partial charge is 0.301 e. The molecule has 0 amide bonds. The van der Waals surface area contributed by atoms with Crippen LogP contribution in [0.15, 0.2) is 41.5 Å². The van der Waals surface area contributed by atoms with Crippen molar-refractivity contribution in [2.24, 2.45) is 0 Å². The minimum atomic E-state index is -3.97. The predicted octanol–water partition coefficient (Wildman–Crippen LogP) is 3.07. The fraction of sp³-hybridized carbons (Fsp3) is 0.444. The number of fused-ring (bicyclic) bond motifs is 1. The lowest BCUT2D eigenvalue weighted by Crippen LogP contribution is -2.44. The van der Waals surface area contributed by atoms with Gasteiger partial charge in [-0.1, -0.05) is 6.92 Å². The van der Waals surface area contributed by atoms with Gasteiger partial charge in [-0.2, -0.15) is 18.0 Å². The molecule has 11 nitrogen and oxygen atoms in total. The van der Waals surface area contributed by atoms with Crippen LogP contribution in [0.3, 0.4) is 0 Å². The zero-order valence-electron chi connectivity index (χ0n) is 22.5. The molecular weight excluding hydrogens is 539 g/mol. The first-order chi connectivity index (χ1) is 19.0. The maximum Gasteiger partial charge on any atom is 0.301 e. The number of nitriles is 1. The lowest BCUT2D eigenvalue weighted by molar-refractivity contribution is -0.0206. The predicted molar refractivity (Wildman–Crippen MR) is 147 cm³/mol. The molecule has 0 saturated carbocycles. The van der Waals surface area contributed by atoms with Crippen molar-refractivity contribution < 1.29 is 22.3 Å². The summed E-state index contributed by atoms with van der Waals surface area (Å²) in [5, 5.41) is 13.4. The minimum Gasteiger partial charge on any atom is -0.453 e. The van der Waals surface area contributed by atoms with Gasteiger partial charge in [0.2, 0.25) is 0 Å². The van der Waals surface area contributed by atoms with Gasteiger partial charge in [0.25, 0.3) is 5.56 Å². The third-order valence-electron chi connectivity index (χ3n) is 7.75. The fourth-order valence-corrected chi connectivity index (χ4v) is 6.31. The Balaban J connectivity index is 1.49. The zero-order valence-corrected chi connectivity index (χ0v) is 23.3. The van der Waals surface area contributed by atoms with Gasteiger partial charge in [-0.05, 0) is 63.2 Å². The number of piperidine rings is 1. The van der Waals surface area contributed by atoms with Crippen LogP contribution < -0.4 is 20.3 Å². The highest BCUT2D eigenvalue weighted by molar-refractivity contribution is 7.90. The molecule has 2 aromatic carbocycles. The van der Waals surface area contributed by atoms with E-state index in [-0.39, 0.29) is 40.1 Å². The van der Waals surface area contributed by atoms with Crippen molar-refractivity contribution in [1.82, 2.24) is 19.2 Å². The van der Waals surface area contributed by atoms with Gasteiger partial charge < -0.3 is 14.8 Å². The molecule has 5 rings (SSSR count). The summed E-state index contributed by atoms with van der Waals surface area (Å²) in [6.45, 7) is 5.92. The Morgan fingerprint density at radius 1 is 1.30 bits per heavy atom. The first-order valence-electron chi connectivity index (χ1n) is 13.0. The maximum absolute atomic E-state index is 14.9. The quantitative estimate of drug-likeness (QED) is 0.442. The molecule has 3 aromatic rings. The molecule has 1 aromatic heterocycles. The van der Waals surface area contributed by atoms with Crippen molar-refractivity contribution in [3.05, 3.63) is 58.4 Å². The largest absolute Gasteiger partial charge is 0.453 e. The van der Waals surface area contributed by atoms with Crippen LogP contribution in [0.2, 0.25) is 0 Å². The third kappa shape index (κ3) is 5.03. The Kier molecular flexibility index (Phi) is 7.30. The van der Waals surface area contributed by atoms with Crippen molar-refractivity contribution in [1.29, 1.82) is 5.26 Å². The first-order valence-corrected chi connectivity index (χ1v) is 14.5. The fourth-order valence-electron chi connectivity index (χ4n) is 5.37. The highest BCUT2D eigenvalue weighted by Crippen LogP contribution is 2.42. The minimum absolute atomic E-state index is 0.0906. The van der Waals surface area contributed by atoms with Crippen LogP contribution in [-0.4, -0.2) is 61.2 Å². The van der Waals surface area contributed by atoms with Crippen molar-refractivity contribution in [2.45, 2.75) is 44.2 Å². The van der Waals surface area contributed by atoms with Crippen LogP contribution in [0.1, 0.15) is 38.7 Å². The molecule has 1 atom stereocenters. The van der Waals surface area contributed by atoms with Gasteiger partial charge in [-0.3, -0.25) is 14.1 Å². The summed E-state index contributed by atoms with van der Waals surface area (Å²) in [5.74, 6) is -1.24. The van der Waals surface area contributed by atoms with Gasteiger partial charge in [-0.15, -0.1) is 0 Å². The molecule has 0 bridgehead atoms. The zero-order chi connectivity index (χ0) is 28.7. The number of nitrogens with one attached hydrogen (secondary N) is 2. The first kappa shape index (κ1) is 28.0. The van der Waals surface area contributed by atoms with Crippen LogP contribution in [-0.2, 0) is 20.5 Å². The summed E-state index contributed by atoms with van der Waals surface area (Å²) in [4.78, 5) is 18.2. The van der Waals surface area contributed by atoms with Crippen molar-refractivity contribution in [2.75, 3.05) is 38.0 Å². The van der Waals surface area contributed by atoms with Gasteiger partial charge >= 0.3 is 10.2 Å². The van der Waals surface area contributed by atoms with Gasteiger partial charge in [0.1, 0.15) is 17.4 Å². The second-order valence-corrected chi connectivity index (χ2v) is 12.3. The topological polar surface area (TPSA) is 139 Å². The summed E-state index contributed by atoms with van der Waals surface area (Å²) in [7, 11) is -2.60. The molecule has 212 valence electrons. The van der Waals surface area contributed by atoms with Crippen molar-refractivity contribution in [3.63, 3.8) is 0 Å². The van der Waals surface area contributed by atoms with Crippen molar-refractivity contribution >= 4 is 26.8 Å². The standard InChI is InChI=1S/C27H31FN6O5S/c1-4-33(3)40(36,37)32-23-8-6-21(28)24(20(23)14-29)39-18-5-7-22-19(13-18)25(35)34(17-31-22)26(2)15-27(38-16-26)9-11-30-12-10-27/h5-8,13,17,30,32H,4,9-12,15-16H2,1-3H3. The van der Waals surface area contributed by atoms with Crippen LogP contribution in [0.4, 0.5) is 10.1 Å². The average molecular weight is 571 g/mol. The Hall–Kier alpha value is -3.57. The molecule has 13 heteroatoms. The molecule has 2 aliphatic rings. The van der Waals surface area contributed by atoms with E-state index in [0.717, 1.165) is 42.4 Å². The summed E-state index contributed by atoms with van der Waals surface area (Å²) in [6, 6.07) is 8.52. The molecule has 2 aliphatic heterocycles. The highest BCUT2D eigenvalue weighted by atomic mass is 32.2. The Morgan fingerprint density at radius 3 is 2.75 bits per heavy atom. The number of nitrogens with zero attached hydrogens (tertiary/aromatic N) is 4. The van der Waals surface area contributed by atoms with Gasteiger partial charge in [0.05, 0.1) is 40.7 Å². The van der Waals surface area contributed by atoms with Crippen LogP contribution in [0, 0.1) is 17.1 Å². The Labute approximate surface area is 231 Å². The van der Waals surface area contributed by atoms with E-state index in [1.165, 1.54) is 25.5 Å². The molecule has 3 heterocycles. The van der Waals surface area contributed by atoms with E-state index in [1.54, 1.807) is 17.6 Å². The van der Waals surface area contributed by atoms with Gasteiger partial charge in [0, 0.05) is 20.0 Å². The van der Waals surface area contributed by atoms with Gasteiger partial charge in [0.15, 0.2) is 11.6 Å². The third-order valence-corrected chi connectivity index (χ3v) is 9.31. The van der Waals surface area contributed by atoms with E-state index in [4.69, 9.17) is 9.47 Å². The number of hydrogen-bond acceptors (Lipinski definition) is 8. The van der Waals surface area contributed by atoms with E-state index in [0.29, 0.717) is 18.5 Å². The number of rotatable bonds is 7.